The quantitative estimate of drug-likeness (QED) is 0.716. The fraction of sp³-hybridized carbons (Fsp3) is 1.00. The van der Waals surface area contributed by atoms with E-state index in [4.69, 9.17) is 0 Å². The van der Waals surface area contributed by atoms with E-state index in [1.54, 1.807) is 0 Å². The molecular formula is C13H29N3. The number of rotatable bonds is 6. The van der Waals surface area contributed by atoms with Crippen molar-refractivity contribution in [1.82, 2.24) is 15.5 Å². The predicted molar refractivity (Wildman–Crippen MR) is 70.8 cm³/mol. The average Bonchev–Trinajstić information content (AvgIpc) is 2.20. The van der Waals surface area contributed by atoms with E-state index in [2.05, 4.69) is 36.4 Å². The molecule has 3 nitrogen and oxygen atoms in total. The van der Waals surface area contributed by atoms with Crippen LogP contribution in [0.25, 0.3) is 0 Å². The van der Waals surface area contributed by atoms with E-state index in [1.165, 1.54) is 32.4 Å². The lowest BCUT2D eigenvalue weighted by Gasteiger charge is -2.31. The molecule has 1 aliphatic heterocycles. The molecule has 16 heavy (non-hydrogen) atoms. The Bertz CT molecular complexity index is 184. The maximum Gasteiger partial charge on any atom is 0.0249 e. The molecule has 0 aromatic rings. The van der Waals surface area contributed by atoms with Crippen molar-refractivity contribution in [3.05, 3.63) is 0 Å². The Hall–Kier alpha value is -0.120. The molecule has 1 saturated heterocycles. The highest BCUT2D eigenvalue weighted by Crippen LogP contribution is 2.19. The van der Waals surface area contributed by atoms with Crippen LogP contribution in [0, 0.1) is 5.92 Å². The van der Waals surface area contributed by atoms with Gasteiger partial charge in [0.05, 0.1) is 0 Å². The summed E-state index contributed by atoms with van der Waals surface area (Å²) in [4.78, 5) is 2.44. The van der Waals surface area contributed by atoms with Crippen molar-refractivity contribution in [2.75, 3.05) is 40.3 Å². The largest absolute Gasteiger partial charge is 0.318 e. The van der Waals surface area contributed by atoms with Gasteiger partial charge in [0.25, 0.3) is 0 Å². The van der Waals surface area contributed by atoms with E-state index in [9.17, 15) is 0 Å². The van der Waals surface area contributed by atoms with Gasteiger partial charge in [0.1, 0.15) is 0 Å². The summed E-state index contributed by atoms with van der Waals surface area (Å²) in [5, 5.41) is 6.88. The van der Waals surface area contributed by atoms with Crippen LogP contribution in [0.1, 0.15) is 33.1 Å². The monoisotopic (exact) mass is 227 g/mol. The molecule has 0 aliphatic carbocycles. The first-order chi connectivity index (χ1) is 7.53. The standard InChI is InChI=1S/C13H29N3/c1-13(2,11-14-3)15-8-5-12-6-9-16(4)10-7-12/h12,14-15H,5-11H2,1-4H3. The highest BCUT2D eigenvalue weighted by atomic mass is 15.1. The Morgan fingerprint density at radius 2 is 1.88 bits per heavy atom. The average molecular weight is 227 g/mol. The van der Waals surface area contributed by atoms with Crippen LogP contribution in [-0.4, -0.2) is 50.7 Å². The summed E-state index contributed by atoms with van der Waals surface area (Å²) in [6, 6.07) is 0. The van der Waals surface area contributed by atoms with Crippen molar-refractivity contribution in [1.29, 1.82) is 0 Å². The van der Waals surface area contributed by atoms with Crippen LogP contribution in [-0.2, 0) is 0 Å². The van der Waals surface area contributed by atoms with Crippen molar-refractivity contribution in [3.63, 3.8) is 0 Å². The molecule has 0 amide bonds. The van der Waals surface area contributed by atoms with Crippen LogP contribution < -0.4 is 10.6 Å². The number of nitrogens with zero attached hydrogens (tertiary/aromatic N) is 1. The highest BCUT2D eigenvalue weighted by molar-refractivity contribution is 4.80. The highest BCUT2D eigenvalue weighted by Gasteiger charge is 2.19. The lowest BCUT2D eigenvalue weighted by Crippen LogP contribution is -2.47. The van der Waals surface area contributed by atoms with Gasteiger partial charge >= 0.3 is 0 Å². The van der Waals surface area contributed by atoms with Crippen LogP contribution in [0.5, 0.6) is 0 Å². The molecule has 0 aromatic heterocycles. The Labute approximate surface area is 101 Å². The maximum atomic E-state index is 3.64. The summed E-state index contributed by atoms with van der Waals surface area (Å²) in [6.07, 6.45) is 4.09. The van der Waals surface area contributed by atoms with Crippen molar-refractivity contribution in [2.24, 2.45) is 5.92 Å². The van der Waals surface area contributed by atoms with Crippen LogP contribution in [0.15, 0.2) is 0 Å². The zero-order chi connectivity index (χ0) is 12.0. The third kappa shape index (κ3) is 5.28. The molecule has 2 N–H and O–H groups in total. The van der Waals surface area contributed by atoms with Crippen LogP contribution >= 0.6 is 0 Å². The van der Waals surface area contributed by atoms with Crippen LogP contribution in [0.3, 0.4) is 0 Å². The lowest BCUT2D eigenvalue weighted by molar-refractivity contribution is 0.207. The number of nitrogens with one attached hydrogen (secondary N) is 2. The first-order valence-corrected chi connectivity index (χ1v) is 6.62. The second-order valence-corrected chi connectivity index (χ2v) is 5.88. The molecule has 3 heteroatoms. The summed E-state index contributed by atoms with van der Waals surface area (Å²) in [5.74, 6) is 0.939. The van der Waals surface area contributed by atoms with Gasteiger partial charge < -0.3 is 15.5 Å². The number of hydrogen-bond donors (Lipinski definition) is 2. The molecule has 0 atom stereocenters. The van der Waals surface area contributed by atoms with Gasteiger partial charge in [0.15, 0.2) is 0 Å². The molecule has 0 unspecified atom stereocenters. The summed E-state index contributed by atoms with van der Waals surface area (Å²) in [5.41, 5.74) is 0.222. The zero-order valence-corrected chi connectivity index (χ0v) is 11.5. The van der Waals surface area contributed by atoms with Crippen molar-refractivity contribution in [3.8, 4) is 0 Å². The van der Waals surface area contributed by atoms with Crippen molar-refractivity contribution < 1.29 is 0 Å². The summed E-state index contributed by atoms with van der Waals surface area (Å²) in [7, 11) is 4.24. The molecule has 1 rings (SSSR count). The molecule has 0 saturated carbocycles. The Balaban J connectivity index is 2.11. The van der Waals surface area contributed by atoms with E-state index in [-0.39, 0.29) is 5.54 Å². The maximum absolute atomic E-state index is 3.64. The van der Waals surface area contributed by atoms with E-state index < -0.39 is 0 Å². The number of likely N-dealkylation sites (N-methyl/N-ethyl adjacent to an activating group) is 1. The van der Waals surface area contributed by atoms with Gasteiger partial charge in [0.2, 0.25) is 0 Å². The van der Waals surface area contributed by atoms with Gasteiger partial charge in [-0.15, -0.1) is 0 Å². The molecule has 0 radical (unpaired) electrons. The topological polar surface area (TPSA) is 27.3 Å². The molecule has 1 fully saturated rings. The van der Waals surface area contributed by atoms with Crippen LogP contribution in [0.4, 0.5) is 0 Å². The predicted octanol–water partition coefficient (Wildman–Crippen LogP) is 1.31. The van der Waals surface area contributed by atoms with Crippen molar-refractivity contribution >= 4 is 0 Å². The minimum atomic E-state index is 0.222. The SMILES string of the molecule is CNCC(C)(C)NCCC1CCN(C)CC1. The molecular weight excluding hydrogens is 198 g/mol. The van der Waals surface area contributed by atoms with Crippen LogP contribution in [0.2, 0.25) is 0 Å². The molecule has 0 bridgehead atoms. The van der Waals surface area contributed by atoms with E-state index in [1.807, 2.05) is 7.05 Å². The van der Waals surface area contributed by atoms with Gasteiger partial charge in [-0.25, -0.2) is 0 Å². The lowest BCUT2D eigenvalue weighted by atomic mass is 9.93. The van der Waals surface area contributed by atoms with Crippen molar-refractivity contribution in [2.45, 2.75) is 38.6 Å². The Morgan fingerprint density at radius 3 is 2.44 bits per heavy atom. The summed E-state index contributed by atoms with van der Waals surface area (Å²) >= 11 is 0. The second kappa shape index (κ2) is 6.58. The fourth-order valence-corrected chi connectivity index (χ4v) is 2.47. The fourth-order valence-electron chi connectivity index (χ4n) is 2.47. The molecule has 0 spiro atoms. The molecule has 1 aliphatic rings. The summed E-state index contributed by atoms with van der Waals surface area (Å²) < 4.78 is 0. The van der Waals surface area contributed by atoms with Gasteiger partial charge in [-0.1, -0.05) is 0 Å². The zero-order valence-electron chi connectivity index (χ0n) is 11.5. The normalized spacial score (nSPS) is 20.2. The van der Waals surface area contributed by atoms with Gasteiger partial charge in [-0.2, -0.15) is 0 Å². The Morgan fingerprint density at radius 1 is 1.25 bits per heavy atom. The minimum absolute atomic E-state index is 0.222. The number of hydrogen-bond acceptors (Lipinski definition) is 3. The van der Waals surface area contributed by atoms with Gasteiger partial charge in [-0.05, 0) is 72.8 Å². The van der Waals surface area contributed by atoms with E-state index in [0.717, 1.165) is 19.0 Å². The first kappa shape index (κ1) is 13.9. The van der Waals surface area contributed by atoms with Gasteiger partial charge in [-0.3, -0.25) is 0 Å². The van der Waals surface area contributed by atoms with E-state index >= 15 is 0 Å². The van der Waals surface area contributed by atoms with E-state index in [0.29, 0.717) is 0 Å². The molecule has 1 heterocycles. The number of likely N-dealkylation sites (tertiary alicyclic amines) is 1. The molecule has 96 valence electrons. The number of piperidine rings is 1. The third-order valence-electron chi connectivity index (χ3n) is 3.61. The van der Waals surface area contributed by atoms with Gasteiger partial charge in [0, 0.05) is 12.1 Å². The first-order valence-electron chi connectivity index (χ1n) is 6.62. The minimum Gasteiger partial charge on any atom is -0.318 e. The Kier molecular flexibility index (Phi) is 5.73. The summed E-state index contributed by atoms with van der Waals surface area (Å²) in [6.45, 7) is 9.27. The molecule has 0 aromatic carbocycles. The second-order valence-electron chi connectivity index (χ2n) is 5.88. The third-order valence-corrected chi connectivity index (χ3v) is 3.61. The smallest absolute Gasteiger partial charge is 0.0249 e.